The number of ether oxygens (including phenoxy) is 1. The monoisotopic (exact) mass is 365 g/mol. The molecule has 1 aliphatic heterocycles. The van der Waals surface area contributed by atoms with Crippen LogP contribution in [0.2, 0.25) is 0 Å². The minimum absolute atomic E-state index is 0.0418. The van der Waals surface area contributed by atoms with Crippen LogP contribution in [0.1, 0.15) is 72.2 Å². The van der Waals surface area contributed by atoms with Crippen LogP contribution in [0.25, 0.3) is 0 Å². The van der Waals surface area contributed by atoms with E-state index in [1.165, 1.54) is 32.1 Å². The van der Waals surface area contributed by atoms with Crippen LogP contribution in [-0.4, -0.2) is 54.2 Å². The Balaban J connectivity index is 1.69. The normalized spacial score (nSPS) is 21.4. The van der Waals surface area contributed by atoms with Crippen molar-refractivity contribution in [1.82, 2.24) is 15.2 Å². The van der Waals surface area contributed by atoms with Gasteiger partial charge in [0.05, 0.1) is 23.9 Å². The van der Waals surface area contributed by atoms with Gasteiger partial charge in [0, 0.05) is 31.1 Å². The Hall–Kier alpha value is -0.980. The molecule has 25 heavy (non-hydrogen) atoms. The Morgan fingerprint density at radius 1 is 1.28 bits per heavy atom. The zero-order valence-electron chi connectivity index (χ0n) is 15.8. The van der Waals surface area contributed by atoms with Crippen molar-refractivity contribution in [3.8, 4) is 0 Å². The van der Waals surface area contributed by atoms with Crippen LogP contribution in [0.4, 0.5) is 0 Å². The number of aryl methyl sites for hydroxylation is 1. The van der Waals surface area contributed by atoms with Crippen LogP contribution < -0.4 is 5.32 Å². The highest BCUT2D eigenvalue weighted by molar-refractivity contribution is 7.13. The van der Waals surface area contributed by atoms with Gasteiger partial charge in [0.1, 0.15) is 4.88 Å². The number of hydrogen-bond acceptors (Lipinski definition) is 5. The molecule has 0 aromatic carbocycles. The first kappa shape index (κ1) is 18.8. The van der Waals surface area contributed by atoms with E-state index in [0.717, 1.165) is 48.4 Å². The highest BCUT2D eigenvalue weighted by Gasteiger charge is 2.39. The lowest BCUT2D eigenvalue weighted by Crippen LogP contribution is -2.59. The molecule has 1 amide bonds. The van der Waals surface area contributed by atoms with Gasteiger partial charge >= 0.3 is 0 Å². The van der Waals surface area contributed by atoms with Crippen LogP contribution in [0.15, 0.2) is 0 Å². The van der Waals surface area contributed by atoms with Gasteiger partial charge in [0.2, 0.25) is 0 Å². The third-order valence-electron chi connectivity index (χ3n) is 5.56. The van der Waals surface area contributed by atoms with E-state index >= 15 is 0 Å². The van der Waals surface area contributed by atoms with E-state index in [2.05, 4.69) is 29.0 Å². The van der Waals surface area contributed by atoms with E-state index < -0.39 is 0 Å². The molecule has 2 aliphatic rings. The Morgan fingerprint density at radius 3 is 2.56 bits per heavy atom. The summed E-state index contributed by atoms with van der Waals surface area (Å²) in [5.41, 5.74) is 0.965. The number of nitrogens with zero attached hydrogens (tertiary/aromatic N) is 2. The summed E-state index contributed by atoms with van der Waals surface area (Å²) in [4.78, 5) is 20.7. The van der Waals surface area contributed by atoms with Gasteiger partial charge in [-0.2, -0.15) is 0 Å². The molecular weight excluding hydrogens is 334 g/mol. The zero-order chi connectivity index (χ0) is 17.9. The van der Waals surface area contributed by atoms with Crippen LogP contribution in [0.3, 0.4) is 0 Å². The third kappa shape index (κ3) is 4.23. The molecule has 1 saturated carbocycles. The van der Waals surface area contributed by atoms with E-state index in [4.69, 9.17) is 4.74 Å². The molecular formula is C19H31N3O2S. The molecule has 1 aromatic rings. The van der Waals surface area contributed by atoms with E-state index in [9.17, 15) is 4.79 Å². The number of rotatable bonds is 5. The highest BCUT2D eigenvalue weighted by atomic mass is 32.1. The van der Waals surface area contributed by atoms with Crippen LogP contribution in [0.5, 0.6) is 0 Å². The third-order valence-corrected chi connectivity index (χ3v) is 7.01. The minimum atomic E-state index is 0.0418. The second-order valence-electron chi connectivity index (χ2n) is 7.69. The molecule has 3 rings (SSSR count). The predicted molar refractivity (Wildman–Crippen MR) is 101 cm³/mol. The summed E-state index contributed by atoms with van der Waals surface area (Å²) in [6.07, 6.45) is 6.17. The maximum Gasteiger partial charge on any atom is 0.263 e. The summed E-state index contributed by atoms with van der Waals surface area (Å²) in [5.74, 6) is 0.406. The van der Waals surface area contributed by atoms with Crippen molar-refractivity contribution in [3.05, 3.63) is 15.6 Å². The first-order valence-electron chi connectivity index (χ1n) is 9.60. The molecule has 1 saturated heterocycles. The van der Waals surface area contributed by atoms with Crippen molar-refractivity contribution < 1.29 is 9.53 Å². The summed E-state index contributed by atoms with van der Waals surface area (Å²) in [7, 11) is 0. The summed E-state index contributed by atoms with van der Waals surface area (Å²) < 4.78 is 5.54. The summed E-state index contributed by atoms with van der Waals surface area (Å²) in [6, 6.07) is 0. The van der Waals surface area contributed by atoms with Gasteiger partial charge in [0.15, 0.2) is 0 Å². The van der Waals surface area contributed by atoms with E-state index in [1.807, 2.05) is 6.92 Å². The first-order chi connectivity index (χ1) is 12.0. The van der Waals surface area contributed by atoms with E-state index in [1.54, 1.807) is 11.3 Å². The SMILES string of the molecule is Cc1nc(C(C)C)sc1C(=O)NCC1(N2CCOCC2)CCCCC1. The molecule has 2 fully saturated rings. The lowest BCUT2D eigenvalue weighted by Gasteiger charge is -2.48. The van der Waals surface area contributed by atoms with Crippen molar-refractivity contribution >= 4 is 17.2 Å². The number of carbonyl (C=O) groups is 1. The average Bonchev–Trinajstić information content (AvgIpc) is 3.03. The van der Waals surface area contributed by atoms with Crippen LogP contribution in [-0.2, 0) is 4.74 Å². The van der Waals surface area contributed by atoms with E-state index in [0.29, 0.717) is 5.92 Å². The van der Waals surface area contributed by atoms with Crippen molar-refractivity contribution in [1.29, 1.82) is 0 Å². The molecule has 0 spiro atoms. The molecule has 0 radical (unpaired) electrons. The number of morpholine rings is 1. The number of nitrogens with one attached hydrogen (secondary N) is 1. The Bertz CT molecular complexity index is 587. The van der Waals surface area contributed by atoms with Gasteiger partial charge in [-0.1, -0.05) is 33.1 Å². The lowest BCUT2D eigenvalue weighted by atomic mass is 9.79. The molecule has 0 atom stereocenters. The molecule has 140 valence electrons. The Morgan fingerprint density at radius 2 is 1.96 bits per heavy atom. The second kappa shape index (κ2) is 8.14. The second-order valence-corrected chi connectivity index (χ2v) is 8.72. The molecule has 1 aromatic heterocycles. The van der Waals surface area contributed by atoms with Gasteiger partial charge in [-0.05, 0) is 19.8 Å². The molecule has 1 aliphatic carbocycles. The molecule has 0 bridgehead atoms. The molecule has 2 heterocycles. The van der Waals surface area contributed by atoms with Crippen molar-refractivity contribution in [2.24, 2.45) is 0 Å². The largest absolute Gasteiger partial charge is 0.379 e. The van der Waals surface area contributed by atoms with Gasteiger partial charge in [0.25, 0.3) is 5.91 Å². The van der Waals surface area contributed by atoms with Crippen molar-refractivity contribution in [2.75, 3.05) is 32.8 Å². The number of aromatic nitrogens is 1. The summed E-state index contributed by atoms with van der Waals surface area (Å²) >= 11 is 1.54. The van der Waals surface area contributed by atoms with E-state index in [-0.39, 0.29) is 11.4 Å². The van der Waals surface area contributed by atoms with Gasteiger partial charge in [-0.25, -0.2) is 4.98 Å². The number of amides is 1. The maximum absolute atomic E-state index is 12.8. The molecule has 5 nitrogen and oxygen atoms in total. The van der Waals surface area contributed by atoms with Gasteiger partial charge in [-0.3, -0.25) is 9.69 Å². The molecule has 6 heteroatoms. The number of thiazole rings is 1. The highest BCUT2D eigenvalue weighted by Crippen LogP contribution is 2.34. The fraction of sp³-hybridized carbons (Fsp3) is 0.789. The fourth-order valence-electron chi connectivity index (χ4n) is 4.05. The fourth-order valence-corrected chi connectivity index (χ4v) is 5.04. The number of hydrogen-bond donors (Lipinski definition) is 1. The summed E-state index contributed by atoms with van der Waals surface area (Å²) in [6.45, 7) is 10.5. The standard InChI is InChI=1S/C19H31N3O2S/c1-14(2)18-21-15(3)16(25-18)17(23)20-13-19(7-5-4-6-8-19)22-9-11-24-12-10-22/h14H,4-13H2,1-3H3,(H,20,23). The van der Waals surface area contributed by atoms with Crippen LogP contribution >= 0.6 is 11.3 Å². The number of carbonyl (C=O) groups excluding carboxylic acids is 1. The van der Waals surface area contributed by atoms with Crippen molar-refractivity contribution in [2.45, 2.75) is 64.3 Å². The van der Waals surface area contributed by atoms with Crippen LogP contribution in [0, 0.1) is 6.92 Å². The smallest absolute Gasteiger partial charge is 0.263 e. The van der Waals surface area contributed by atoms with Crippen molar-refractivity contribution in [3.63, 3.8) is 0 Å². The molecule has 0 unspecified atom stereocenters. The zero-order valence-corrected chi connectivity index (χ0v) is 16.6. The Kier molecular flexibility index (Phi) is 6.12. The Labute approximate surface area is 155 Å². The predicted octanol–water partition coefficient (Wildman–Crippen LogP) is 3.34. The topological polar surface area (TPSA) is 54.5 Å². The lowest BCUT2D eigenvalue weighted by molar-refractivity contribution is -0.0361. The van der Waals surface area contributed by atoms with Gasteiger partial charge in [-0.15, -0.1) is 11.3 Å². The maximum atomic E-state index is 12.8. The molecule has 1 N–H and O–H groups in total. The first-order valence-corrected chi connectivity index (χ1v) is 10.4. The average molecular weight is 366 g/mol. The summed E-state index contributed by atoms with van der Waals surface area (Å²) in [5, 5.41) is 4.29. The van der Waals surface area contributed by atoms with Gasteiger partial charge < -0.3 is 10.1 Å². The quantitative estimate of drug-likeness (QED) is 0.869. The minimum Gasteiger partial charge on any atom is -0.379 e.